The lowest BCUT2D eigenvalue weighted by Crippen LogP contribution is -2.42. The van der Waals surface area contributed by atoms with Crippen LogP contribution in [0.4, 0.5) is 0 Å². The molecule has 1 atom stereocenters. The van der Waals surface area contributed by atoms with Crippen LogP contribution in [0, 0.1) is 5.92 Å². The van der Waals surface area contributed by atoms with Gasteiger partial charge in [-0.05, 0) is 50.3 Å². The van der Waals surface area contributed by atoms with Gasteiger partial charge in [0.1, 0.15) is 0 Å². The maximum Gasteiger partial charge on any atom is 0.305 e. The van der Waals surface area contributed by atoms with Crippen molar-refractivity contribution < 1.29 is 9.53 Å². The number of hydrogen-bond acceptors (Lipinski definition) is 4. The van der Waals surface area contributed by atoms with E-state index in [4.69, 9.17) is 4.74 Å². The highest BCUT2D eigenvalue weighted by Crippen LogP contribution is 2.26. The number of piperidine rings is 1. The second kappa shape index (κ2) is 8.63. The number of ether oxygens (including phenoxy) is 1. The average Bonchev–Trinajstić information content (AvgIpc) is 3.09. The maximum atomic E-state index is 11.3. The van der Waals surface area contributed by atoms with Crippen molar-refractivity contribution in [2.24, 2.45) is 5.92 Å². The standard InChI is InChI=1S/C20H30N2O2/c1-24-20(23)8-7-17-9-13-22(14-10-17)19-11-12-21(16-19)15-18-5-3-2-4-6-18/h2-6,17,19H,7-16H2,1H3. The molecular formula is C20H30N2O2. The molecule has 2 saturated heterocycles. The normalized spacial score (nSPS) is 23.5. The molecule has 2 aliphatic rings. The maximum absolute atomic E-state index is 11.3. The molecular weight excluding hydrogens is 300 g/mol. The van der Waals surface area contributed by atoms with Gasteiger partial charge in [-0.2, -0.15) is 0 Å². The predicted octanol–water partition coefficient (Wildman–Crippen LogP) is 2.93. The largest absolute Gasteiger partial charge is 0.469 e. The molecule has 24 heavy (non-hydrogen) atoms. The summed E-state index contributed by atoms with van der Waals surface area (Å²) in [6.45, 7) is 5.86. The lowest BCUT2D eigenvalue weighted by molar-refractivity contribution is -0.141. The van der Waals surface area contributed by atoms with Crippen LogP contribution in [0.3, 0.4) is 0 Å². The molecule has 4 nitrogen and oxygen atoms in total. The summed E-state index contributed by atoms with van der Waals surface area (Å²) in [4.78, 5) is 16.5. The fraction of sp³-hybridized carbons (Fsp3) is 0.650. The van der Waals surface area contributed by atoms with E-state index < -0.39 is 0 Å². The molecule has 0 aliphatic carbocycles. The second-order valence-corrected chi connectivity index (χ2v) is 7.26. The molecule has 0 amide bonds. The SMILES string of the molecule is COC(=O)CCC1CCN(C2CCN(Cc3ccccc3)C2)CC1. The number of nitrogens with zero attached hydrogens (tertiary/aromatic N) is 2. The molecule has 0 N–H and O–H groups in total. The summed E-state index contributed by atoms with van der Waals surface area (Å²) in [5.74, 6) is 0.631. The summed E-state index contributed by atoms with van der Waals surface area (Å²) < 4.78 is 4.75. The summed E-state index contributed by atoms with van der Waals surface area (Å²) in [5, 5.41) is 0. The van der Waals surface area contributed by atoms with E-state index in [0.29, 0.717) is 12.3 Å². The Kier molecular flexibility index (Phi) is 6.27. The molecule has 2 fully saturated rings. The average molecular weight is 330 g/mol. The van der Waals surface area contributed by atoms with E-state index >= 15 is 0 Å². The first kappa shape index (κ1) is 17.4. The van der Waals surface area contributed by atoms with Crippen LogP contribution in [0.5, 0.6) is 0 Å². The Bertz CT molecular complexity index is 512. The lowest BCUT2D eigenvalue weighted by atomic mass is 9.91. The van der Waals surface area contributed by atoms with Crippen molar-refractivity contribution in [1.29, 1.82) is 0 Å². The van der Waals surface area contributed by atoms with E-state index in [9.17, 15) is 4.79 Å². The molecule has 2 heterocycles. The molecule has 0 spiro atoms. The third-order valence-electron chi connectivity index (χ3n) is 5.65. The molecule has 0 bridgehead atoms. The highest BCUT2D eigenvalue weighted by atomic mass is 16.5. The van der Waals surface area contributed by atoms with Crippen molar-refractivity contribution in [1.82, 2.24) is 9.80 Å². The minimum atomic E-state index is -0.0650. The summed E-state index contributed by atoms with van der Waals surface area (Å²) in [5.41, 5.74) is 1.42. The molecule has 132 valence electrons. The van der Waals surface area contributed by atoms with Crippen LogP contribution in [0.25, 0.3) is 0 Å². The smallest absolute Gasteiger partial charge is 0.305 e. The molecule has 0 radical (unpaired) electrons. The zero-order chi connectivity index (χ0) is 16.8. The van der Waals surface area contributed by atoms with Crippen LogP contribution in [-0.4, -0.2) is 55.1 Å². The Morgan fingerprint density at radius 2 is 1.88 bits per heavy atom. The minimum absolute atomic E-state index is 0.0650. The first-order valence-electron chi connectivity index (χ1n) is 9.31. The highest BCUT2D eigenvalue weighted by Gasteiger charge is 2.30. The Balaban J connectivity index is 1.39. The Hall–Kier alpha value is -1.39. The minimum Gasteiger partial charge on any atom is -0.469 e. The van der Waals surface area contributed by atoms with Gasteiger partial charge in [-0.25, -0.2) is 0 Å². The van der Waals surface area contributed by atoms with Crippen LogP contribution in [0.1, 0.15) is 37.7 Å². The molecule has 1 aromatic rings. The zero-order valence-electron chi connectivity index (χ0n) is 14.8. The van der Waals surface area contributed by atoms with E-state index in [1.807, 2.05) is 0 Å². The number of carbonyl (C=O) groups is 1. The number of esters is 1. The van der Waals surface area contributed by atoms with Gasteiger partial charge < -0.3 is 4.74 Å². The molecule has 0 aromatic heterocycles. The van der Waals surface area contributed by atoms with Crippen LogP contribution < -0.4 is 0 Å². The number of likely N-dealkylation sites (tertiary alicyclic amines) is 2. The van der Waals surface area contributed by atoms with Gasteiger partial charge in [0.05, 0.1) is 7.11 Å². The first-order valence-corrected chi connectivity index (χ1v) is 9.31. The Labute approximate surface area is 145 Å². The van der Waals surface area contributed by atoms with Crippen LogP contribution in [-0.2, 0) is 16.1 Å². The summed E-state index contributed by atoms with van der Waals surface area (Å²) in [7, 11) is 1.48. The van der Waals surface area contributed by atoms with Crippen LogP contribution >= 0.6 is 0 Å². The van der Waals surface area contributed by atoms with Crippen LogP contribution in [0.2, 0.25) is 0 Å². The third kappa shape index (κ3) is 4.81. The number of benzene rings is 1. The molecule has 3 rings (SSSR count). The number of hydrogen-bond donors (Lipinski definition) is 0. The summed E-state index contributed by atoms with van der Waals surface area (Å²) in [6.07, 6.45) is 5.32. The highest BCUT2D eigenvalue weighted by molar-refractivity contribution is 5.69. The fourth-order valence-corrected chi connectivity index (χ4v) is 4.13. The third-order valence-corrected chi connectivity index (χ3v) is 5.65. The Morgan fingerprint density at radius 1 is 1.12 bits per heavy atom. The molecule has 1 unspecified atom stereocenters. The van der Waals surface area contributed by atoms with E-state index in [1.165, 1.54) is 58.1 Å². The van der Waals surface area contributed by atoms with E-state index in [-0.39, 0.29) is 5.97 Å². The van der Waals surface area contributed by atoms with Crippen molar-refractivity contribution >= 4 is 5.97 Å². The van der Waals surface area contributed by atoms with Crippen LogP contribution in [0.15, 0.2) is 30.3 Å². The molecule has 4 heteroatoms. The predicted molar refractivity (Wildman–Crippen MR) is 95.7 cm³/mol. The van der Waals surface area contributed by atoms with E-state index in [2.05, 4.69) is 40.1 Å². The van der Waals surface area contributed by atoms with Crippen molar-refractivity contribution in [2.75, 3.05) is 33.3 Å². The summed E-state index contributed by atoms with van der Waals surface area (Å²) in [6, 6.07) is 11.5. The van der Waals surface area contributed by atoms with Gasteiger partial charge in [0, 0.05) is 32.1 Å². The van der Waals surface area contributed by atoms with Gasteiger partial charge in [-0.1, -0.05) is 30.3 Å². The quantitative estimate of drug-likeness (QED) is 0.751. The van der Waals surface area contributed by atoms with Gasteiger partial charge in [0.2, 0.25) is 0 Å². The lowest BCUT2D eigenvalue weighted by Gasteiger charge is -2.36. The van der Waals surface area contributed by atoms with E-state index in [1.54, 1.807) is 0 Å². The second-order valence-electron chi connectivity index (χ2n) is 7.26. The first-order chi connectivity index (χ1) is 11.7. The fourth-order valence-electron chi connectivity index (χ4n) is 4.13. The van der Waals surface area contributed by atoms with Gasteiger partial charge in [-0.3, -0.25) is 14.6 Å². The number of carbonyl (C=O) groups excluding carboxylic acids is 1. The van der Waals surface area contributed by atoms with Gasteiger partial charge in [0.15, 0.2) is 0 Å². The van der Waals surface area contributed by atoms with Gasteiger partial charge in [-0.15, -0.1) is 0 Å². The van der Waals surface area contributed by atoms with Gasteiger partial charge >= 0.3 is 5.97 Å². The van der Waals surface area contributed by atoms with E-state index in [0.717, 1.165) is 19.0 Å². The molecule has 2 aliphatic heterocycles. The Morgan fingerprint density at radius 3 is 2.58 bits per heavy atom. The number of rotatable bonds is 6. The monoisotopic (exact) mass is 330 g/mol. The van der Waals surface area contributed by atoms with Crippen molar-refractivity contribution in [3.8, 4) is 0 Å². The topological polar surface area (TPSA) is 32.8 Å². The summed E-state index contributed by atoms with van der Waals surface area (Å²) >= 11 is 0. The number of methoxy groups -OCH3 is 1. The van der Waals surface area contributed by atoms with Crippen molar-refractivity contribution in [2.45, 2.75) is 44.7 Å². The van der Waals surface area contributed by atoms with Crippen molar-refractivity contribution in [3.63, 3.8) is 0 Å². The van der Waals surface area contributed by atoms with Gasteiger partial charge in [0.25, 0.3) is 0 Å². The molecule has 0 saturated carbocycles. The molecule has 1 aromatic carbocycles. The zero-order valence-corrected chi connectivity index (χ0v) is 14.8. The van der Waals surface area contributed by atoms with Crippen molar-refractivity contribution in [3.05, 3.63) is 35.9 Å².